The molecule has 0 saturated carbocycles. The first kappa shape index (κ1) is 10.1. The fourth-order valence-electron chi connectivity index (χ4n) is 1.92. The summed E-state index contributed by atoms with van der Waals surface area (Å²) in [6, 6.07) is 4.49. The first-order chi connectivity index (χ1) is 7.11. The molecule has 80 valence electrons. The van der Waals surface area contributed by atoms with E-state index in [9.17, 15) is 14.3 Å². The van der Waals surface area contributed by atoms with Crippen LogP contribution in [0.1, 0.15) is 25.0 Å². The minimum Gasteiger partial charge on any atom is -0.388 e. The zero-order valence-electron chi connectivity index (χ0n) is 8.40. The van der Waals surface area contributed by atoms with Crippen molar-refractivity contribution in [2.75, 3.05) is 11.4 Å². The number of aliphatic hydroxyl groups excluding tert-OH is 1. The van der Waals surface area contributed by atoms with Crippen LogP contribution in [0.25, 0.3) is 0 Å². The van der Waals surface area contributed by atoms with Crippen molar-refractivity contribution in [1.29, 1.82) is 0 Å². The lowest BCUT2D eigenvalue weighted by molar-refractivity contribution is -0.116. The molecule has 1 N–H and O–H groups in total. The number of amides is 1. The molecule has 1 heterocycles. The summed E-state index contributed by atoms with van der Waals surface area (Å²) in [5, 5.41) is 9.68. The summed E-state index contributed by atoms with van der Waals surface area (Å²) in [6.45, 7) is 1.76. The van der Waals surface area contributed by atoms with Gasteiger partial charge in [0.05, 0.1) is 11.8 Å². The Morgan fingerprint density at radius 1 is 1.60 bits per heavy atom. The third-order valence-electron chi connectivity index (χ3n) is 2.65. The van der Waals surface area contributed by atoms with Gasteiger partial charge in [0.25, 0.3) is 0 Å². The Labute approximate surface area is 87.1 Å². The van der Waals surface area contributed by atoms with Gasteiger partial charge < -0.3 is 10.0 Å². The van der Waals surface area contributed by atoms with Crippen LogP contribution in [0.4, 0.5) is 10.1 Å². The van der Waals surface area contributed by atoms with E-state index in [1.54, 1.807) is 12.1 Å². The summed E-state index contributed by atoms with van der Waals surface area (Å²) in [5.41, 5.74) is 0.722. The summed E-state index contributed by atoms with van der Waals surface area (Å²) in [5.74, 6) is -0.658. The zero-order chi connectivity index (χ0) is 11.0. The number of aliphatic hydroxyl groups is 1. The predicted octanol–water partition coefficient (Wildman–Crippen LogP) is 1.62. The number of para-hydroxylation sites is 1. The molecular weight excluding hydrogens is 197 g/mol. The topological polar surface area (TPSA) is 40.5 Å². The van der Waals surface area contributed by atoms with Crippen molar-refractivity contribution in [1.82, 2.24) is 0 Å². The van der Waals surface area contributed by atoms with Gasteiger partial charge in [-0.2, -0.15) is 0 Å². The molecule has 0 bridgehead atoms. The van der Waals surface area contributed by atoms with Gasteiger partial charge in [-0.3, -0.25) is 4.79 Å². The van der Waals surface area contributed by atoms with E-state index >= 15 is 0 Å². The molecule has 15 heavy (non-hydrogen) atoms. The SMILES string of the molecule is CC(=O)N1CC[C@H](O)c2cccc(F)c21. The lowest BCUT2D eigenvalue weighted by Crippen LogP contribution is -2.35. The second-order valence-corrected chi connectivity index (χ2v) is 3.65. The molecule has 0 fully saturated rings. The second kappa shape index (κ2) is 3.62. The molecule has 0 radical (unpaired) electrons. The highest BCUT2D eigenvalue weighted by Gasteiger charge is 2.28. The largest absolute Gasteiger partial charge is 0.388 e. The third-order valence-corrected chi connectivity index (χ3v) is 2.65. The molecule has 0 unspecified atom stereocenters. The van der Waals surface area contributed by atoms with Crippen molar-refractivity contribution < 1.29 is 14.3 Å². The number of nitrogens with zero attached hydrogens (tertiary/aromatic N) is 1. The number of hydrogen-bond donors (Lipinski definition) is 1. The lowest BCUT2D eigenvalue weighted by atomic mass is 9.98. The maximum absolute atomic E-state index is 13.6. The van der Waals surface area contributed by atoms with Gasteiger partial charge in [-0.05, 0) is 12.5 Å². The number of benzene rings is 1. The molecule has 1 aromatic carbocycles. The van der Waals surface area contributed by atoms with E-state index in [0.717, 1.165) is 0 Å². The Morgan fingerprint density at radius 3 is 3.00 bits per heavy atom. The van der Waals surface area contributed by atoms with Gasteiger partial charge in [0.2, 0.25) is 5.91 Å². The van der Waals surface area contributed by atoms with Crippen molar-refractivity contribution in [3.63, 3.8) is 0 Å². The molecule has 2 rings (SSSR count). The summed E-state index contributed by atoms with van der Waals surface area (Å²) < 4.78 is 13.6. The first-order valence-corrected chi connectivity index (χ1v) is 4.86. The van der Waals surface area contributed by atoms with E-state index in [4.69, 9.17) is 0 Å². The lowest BCUT2D eigenvalue weighted by Gasteiger charge is -2.31. The average Bonchev–Trinajstić information content (AvgIpc) is 2.19. The van der Waals surface area contributed by atoms with Gasteiger partial charge in [-0.15, -0.1) is 0 Å². The van der Waals surface area contributed by atoms with Gasteiger partial charge in [-0.25, -0.2) is 4.39 Å². The van der Waals surface area contributed by atoms with Crippen LogP contribution >= 0.6 is 0 Å². The molecule has 3 nitrogen and oxygen atoms in total. The summed E-state index contributed by atoms with van der Waals surface area (Å²) >= 11 is 0. The summed E-state index contributed by atoms with van der Waals surface area (Å²) in [6.07, 6.45) is -0.220. The highest BCUT2D eigenvalue weighted by atomic mass is 19.1. The Morgan fingerprint density at radius 2 is 2.33 bits per heavy atom. The molecule has 1 aromatic rings. The maximum atomic E-state index is 13.6. The third kappa shape index (κ3) is 1.61. The van der Waals surface area contributed by atoms with Crippen molar-refractivity contribution in [2.45, 2.75) is 19.4 Å². The smallest absolute Gasteiger partial charge is 0.223 e. The van der Waals surface area contributed by atoms with Crippen molar-refractivity contribution in [3.05, 3.63) is 29.6 Å². The standard InChI is InChI=1S/C11H12FNO2/c1-7(14)13-6-5-10(15)8-3-2-4-9(12)11(8)13/h2-4,10,15H,5-6H2,1H3/t10-/m0/s1. The van der Waals surface area contributed by atoms with Gasteiger partial charge in [0.1, 0.15) is 5.82 Å². The van der Waals surface area contributed by atoms with Crippen LogP contribution in [-0.4, -0.2) is 17.6 Å². The van der Waals surface area contributed by atoms with E-state index in [2.05, 4.69) is 0 Å². The van der Waals surface area contributed by atoms with Crippen molar-refractivity contribution in [2.24, 2.45) is 0 Å². The fraction of sp³-hybridized carbons (Fsp3) is 0.364. The fourth-order valence-corrected chi connectivity index (χ4v) is 1.92. The number of hydrogen-bond acceptors (Lipinski definition) is 2. The zero-order valence-corrected chi connectivity index (χ0v) is 8.40. The Hall–Kier alpha value is -1.42. The molecule has 1 aliphatic heterocycles. The molecule has 0 saturated heterocycles. The number of carbonyl (C=O) groups is 1. The highest BCUT2D eigenvalue weighted by molar-refractivity contribution is 5.93. The minimum absolute atomic E-state index is 0.201. The van der Waals surface area contributed by atoms with Crippen LogP contribution < -0.4 is 4.90 Å². The number of carbonyl (C=O) groups excluding carboxylic acids is 1. The number of rotatable bonds is 0. The summed E-state index contributed by atoms with van der Waals surface area (Å²) in [7, 11) is 0. The van der Waals surface area contributed by atoms with Crippen LogP contribution in [0.15, 0.2) is 18.2 Å². The van der Waals surface area contributed by atoms with Crippen LogP contribution in [-0.2, 0) is 4.79 Å². The minimum atomic E-state index is -0.675. The van der Waals surface area contributed by atoms with Crippen LogP contribution in [0.5, 0.6) is 0 Å². The van der Waals surface area contributed by atoms with Crippen molar-refractivity contribution >= 4 is 11.6 Å². The van der Waals surface area contributed by atoms with Gasteiger partial charge in [0, 0.05) is 19.0 Å². The molecule has 1 atom stereocenters. The number of halogens is 1. The highest BCUT2D eigenvalue weighted by Crippen LogP contribution is 2.35. The monoisotopic (exact) mass is 209 g/mol. The van der Waals surface area contributed by atoms with E-state index in [1.165, 1.54) is 17.9 Å². The molecule has 4 heteroatoms. The van der Waals surface area contributed by atoms with Crippen LogP contribution in [0.3, 0.4) is 0 Å². The van der Waals surface area contributed by atoms with Crippen LogP contribution in [0, 0.1) is 5.82 Å². The van der Waals surface area contributed by atoms with Gasteiger partial charge in [-0.1, -0.05) is 12.1 Å². The van der Waals surface area contributed by atoms with E-state index in [-0.39, 0.29) is 11.6 Å². The molecule has 1 aliphatic rings. The molecule has 0 aromatic heterocycles. The Balaban J connectivity index is 2.56. The second-order valence-electron chi connectivity index (χ2n) is 3.65. The van der Waals surface area contributed by atoms with Crippen LogP contribution in [0.2, 0.25) is 0 Å². The summed E-state index contributed by atoms with van der Waals surface area (Å²) in [4.78, 5) is 12.7. The normalized spacial score (nSPS) is 19.9. The number of anilines is 1. The van der Waals surface area contributed by atoms with Crippen molar-refractivity contribution in [3.8, 4) is 0 Å². The molecule has 0 aliphatic carbocycles. The quantitative estimate of drug-likeness (QED) is 0.705. The molecular formula is C11H12FNO2. The van der Waals surface area contributed by atoms with Gasteiger partial charge in [0.15, 0.2) is 0 Å². The Kier molecular flexibility index (Phi) is 2.44. The van der Waals surface area contributed by atoms with E-state index in [0.29, 0.717) is 18.5 Å². The van der Waals surface area contributed by atoms with E-state index in [1.807, 2.05) is 0 Å². The molecule has 1 amide bonds. The Bertz CT molecular complexity index is 406. The average molecular weight is 209 g/mol. The predicted molar refractivity (Wildman–Crippen MR) is 54.0 cm³/mol. The van der Waals surface area contributed by atoms with E-state index < -0.39 is 11.9 Å². The maximum Gasteiger partial charge on any atom is 0.223 e. The first-order valence-electron chi connectivity index (χ1n) is 4.86. The number of fused-ring (bicyclic) bond motifs is 1. The molecule has 0 spiro atoms. The van der Waals surface area contributed by atoms with Gasteiger partial charge >= 0.3 is 0 Å².